The number of carbonyl (C=O) groups is 3. The lowest BCUT2D eigenvalue weighted by molar-refractivity contribution is -0.148. The van der Waals surface area contributed by atoms with Crippen LogP contribution in [0.15, 0.2) is 59.0 Å². The number of piperidine rings is 1. The smallest absolute Gasteiger partial charge is 0.321 e. The number of nitrogens with zero attached hydrogens (tertiary/aromatic N) is 1. The van der Waals surface area contributed by atoms with Crippen LogP contribution in [0.3, 0.4) is 0 Å². The Bertz CT molecular complexity index is 1100. The first-order valence-corrected chi connectivity index (χ1v) is 10.3. The summed E-state index contributed by atoms with van der Waals surface area (Å²) in [6, 6.07) is 16.5. The molecule has 7 heteroatoms. The quantitative estimate of drug-likeness (QED) is 0.488. The summed E-state index contributed by atoms with van der Waals surface area (Å²) in [7, 11) is 0. The van der Waals surface area contributed by atoms with Gasteiger partial charge in [0.2, 0.25) is 5.78 Å². The minimum absolute atomic E-state index is 0.187. The van der Waals surface area contributed by atoms with E-state index in [1.165, 1.54) is 0 Å². The highest BCUT2D eigenvalue weighted by molar-refractivity contribution is 6.01. The van der Waals surface area contributed by atoms with Crippen molar-refractivity contribution in [2.45, 2.75) is 19.8 Å². The number of likely N-dealkylation sites (tertiary alicyclic amines) is 1. The third kappa shape index (κ3) is 4.60. The molecule has 0 spiro atoms. The first kappa shape index (κ1) is 20.7. The Kier molecular flexibility index (Phi) is 6.02. The van der Waals surface area contributed by atoms with Crippen molar-refractivity contribution in [2.75, 3.05) is 25.0 Å². The first-order chi connectivity index (χ1) is 15.0. The van der Waals surface area contributed by atoms with Crippen LogP contribution in [0.2, 0.25) is 0 Å². The molecule has 1 aromatic heterocycles. The van der Waals surface area contributed by atoms with E-state index in [9.17, 15) is 14.4 Å². The number of furan rings is 1. The number of ketones is 1. The van der Waals surface area contributed by atoms with Crippen LogP contribution in [0.1, 0.15) is 29.0 Å². The van der Waals surface area contributed by atoms with Gasteiger partial charge in [-0.25, -0.2) is 4.79 Å². The molecule has 3 aromatic rings. The van der Waals surface area contributed by atoms with Crippen molar-refractivity contribution in [2.24, 2.45) is 5.92 Å². The van der Waals surface area contributed by atoms with E-state index in [-0.39, 0.29) is 30.1 Å². The summed E-state index contributed by atoms with van der Waals surface area (Å²) in [5, 5.41) is 3.72. The number of esters is 1. The second kappa shape index (κ2) is 9.04. The average molecular weight is 420 g/mol. The van der Waals surface area contributed by atoms with Crippen molar-refractivity contribution < 1.29 is 23.5 Å². The third-order valence-electron chi connectivity index (χ3n) is 5.58. The number of amides is 2. The number of hydrogen-bond acceptors (Lipinski definition) is 5. The molecule has 0 atom stereocenters. The zero-order chi connectivity index (χ0) is 21.8. The van der Waals surface area contributed by atoms with E-state index >= 15 is 0 Å². The van der Waals surface area contributed by atoms with Crippen LogP contribution in [0.4, 0.5) is 10.5 Å². The van der Waals surface area contributed by atoms with Gasteiger partial charge in [-0.05, 0) is 38.0 Å². The molecule has 1 aliphatic rings. The Morgan fingerprint density at radius 1 is 1.03 bits per heavy atom. The lowest BCUT2D eigenvalue weighted by Crippen LogP contribution is -2.42. The predicted molar refractivity (Wildman–Crippen MR) is 116 cm³/mol. The number of para-hydroxylation sites is 2. The normalized spacial score (nSPS) is 14.4. The number of rotatable bonds is 5. The van der Waals surface area contributed by atoms with Crippen LogP contribution in [0.25, 0.3) is 11.0 Å². The van der Waals surface area contributed by atoms with Gasteiger partial charge in [-0.1, -0.05) is 36.4 Å². The molecular formula is C24H24N2O5. The van der Waals surface area contributed by atoms with E-state index in [2.05, 4.69) is 5.32 Å². The van der Waals surface area contributed by atoms with Gasteiger partial charge in [0, 0.05) is 29.7 Å². The van der Waals surface area contributed by atoms with Crippen LogP contribution in [0, 0.1) is 12.8 Å². The lowest BCUT2D eigenvalue weighted by atomic mass is 9.97. The summed E-state index contributed by atoms with van der Waals surface area (Å²) in [4.78, 5) is 39.0. The van der Waals surface area contributed by atoms with Gasteiger partial charge < -0.3 is 19.4 Å². The van der Waals surface area contributed by atoms with Crippen molar-refractivity contribution in [3.05, 3.63) is 65.9 Å². The highest BCUT2D eigenvalue weighted by Crippen LogP contribution is 2.25. The van der Waals surface area contributed by atoms with Crippen LogP contribution in [-0.2, 0) is 9.53 Å². The van der Waals surface area contributed by atoms with E-state index in [1.54, 1.807) is 11.0 Å². The van der Waals surface area contributed by atoms with Gasteiger partial charge in [0.15, 0.2) is 12.4 Å². The number of aryl methyl sites for hydroxylation is 1. The van der Waals surface area contributed by atoms with Gasteiger partial charge in [0.05, 0.1) is 5.92 Å². The first-order valence-electron chi connectivity index (χ1n) is 10.3. The highest BCUT2D eigenvalue weighted by Gasteiger charge is 2.29. The molecule has 2 heterocycles. The number of nitrogens with one attached hydrogen (secondary N) is 1. The van der Waals surface area contributed by atoms with Gasteiger partial charge >= 0.3 is 12.0 Å². The fraction of sp³-hybridized carbons (Fsp3) is 0.292. The molecule has 31 heavy (non-hydrogen) atoms. The number of anilines is 1. The van der Waals surface area contributed by atoms with Crippen LogP contribution in [0.5, 0.6) is 0 Å². The van der Waals surface area contributed by atoms with Gasteiger partial charge in [-0.3, -0.25) is 9.59 Å². The molecule has 0 radical (unpaired) electrons. The fourth-order valence-electron chi connectivity index (χ4n) is 3.80. The zero-order valence-corrected chi connectivity index (χ0v) is 17.3. The lowest BCUT2D eigenvalue weighted by Gasteiger charge is -2.30. The minimum Gasteiger partial charge on any atom is -0.457 e. The van der Waals surface area contributed by atoms with E-state index in [0.717, 1.165) is 16.6 Å². The maximum atomic E-state index is 12.5. The molecule has 160 valence electrons. The van der Waals surface area contributed by atoms with Crippen molar-refractivity contribution in [1.82, 2.24) is 4.90 Å². The van der Waals surface area contributed by atoms with Gasteiger partial charge in [-0.15, -0.1) is 0 Å². The molecule has 2 amide bonds. The predicted octanol–water partition coefficient (Wildman–Crippen LogP) is 4.41. The SMILES string of the molecule is Cc1c(C(=O)COC(=O)C2CCN(C(=O)Nc3ccccc3)CC2)oc2ccccc12. The fourth-order valence-corrected chi connectivity index (χ4v) is 3.80. The zero-order valence-electron chi connectivity index (χ0n) is 17.3. The molecule has 0 saturated carbocycles. The molecule has 1 fully saturated rings. The molecule has 0 unspecified atom stereocenters. The number of carbonyl (C=O) groups excluding carboxylic acids is 3. The highest BCUT2D eigenvalue weighted by atomic mass is 16.5. The van der Waals surface area contributed by atoms with Crippen molar-refractivity contribution >= 4 is 34.4 Å². The van der Waals surface area contributed by atoms with Crippen molar-refractivity contribution in [3.63, 3.8) is 0 Å². The summed E-state index contributed by atoms with van der Waals surface area (Å²) in [6.45, 7) is 2.37. The van der Waals surface area contributed by atoms with Crippen LogP contribution in [-0.4, -0.2) is 42.4 Å². The Morgan fingerprint density at radius 3 is 2.42 bits per heavy atom. The van der Waals surface area contributed by atoms with E-state index < -0.39 is 5.97 Å². The number of ether oxygens (including phenoxy) is 1. The molecule has 1 N–H and O–H groups in total. The summed E-state index contributed by atoms with van der Waals surface area (Å²) >= 11 is 0. The van der Waals surface area contributed by atoms with Gasteiger partial charge in [-0.2, -0.15) is 0 Å². The summed E-state index contributed by atoms with van der Waals surface area (Å²) in [6.07, 6.45) is 0.998. The standard InChI is InChI=1S/C24H24N2O5/c1-16-19-9-5-6-10-21(19)31-22(16)20(27)15-30-23(28)17-11-13-26(14-12-17)24(29)25-18-7-3-2-4-8-18/h2-10,17H,11-15H2,1H3,(H,25,29). The summed E-state index contributed by atoms with van der Waals surface area (Å²) in [5.74, 6) is -0.876. The van der Waals surface area contributed by atoms with Gasteiger partial charge in [0.1, 0.15) is 5.58 Å². The van der Waals surface area contributed by atoms with Gasteiger partial charge in [0.25, 0.3) is 0 Å². The maximum Gasteiger partial charge on any atom is 0.321 e. The molecule has 1 aliphatic heterocycles. The second-order valence-corrected chi connectivity index (χ2v) is 7.64. The van der Waals surface area contributed by atoms with Crippen molar-refractivity contribution in [1.29, 1.82) is 0 Å². The Hall–Kier alpha value is -3.61. The third-order valence-corrected chi connectivity index (χ3v) is 5.58. The molecule has 0 aliphatic carbocycles. The molecule has 4 rings (SSSR count). The Balaban J connectivity index is 1.26. The molecular weight excluding hydrogens is 396 g/mol. The average Bonchev–Trinajstić information content (AvgIpc) is 3.15. The Morgan fingerprint density at radius 2 is 1.71 bits per heavy atom. The Labute approximate surface area is 180 Å². The summed E-state index contributed by atoms with van der Waals surface area (Å²) in [5.41, 5.74) is 2.11. The second-order valence-electron chi connectivity index (χ2n) is 7.64. The topological polar surface area (TPSA) is 88.9 Å². The van der Waals surface area contributed by atoms with Crippen molar-refractivity contribution in [3.8, 4) is 0 Å². The minimum atomic E-state index is -0.412. The van der Waals surface area contributed by atoms with Crippen LogP contribution >= 0.6 is 0 Å². The largest absolute Gasteiger partial charge is 0.457 e. The number of Topliss-reactive ketones (excluding diaryl/α,β-unsaturated/α-hetero) is 1. The number of urea groups is 1. The van der Waals surface area contributed by atoms with E-state index in [4.69, 9.17) is 9.15 Å². The monoisotopic (exact) mass is 420 g/mol. The number of hydrogen-bond donors (Lipinski definition) is 1. The summed E-state index contributed by atoms with van der Waals surface area (Å²) < 4.78 is 10.9. The van der Waals surface area contributed by atoms with E-state index in [0.29, 0.717) is 31.5 Å². The number of fused-ring (bicyclic) bond motifs is 1. The molecule has 7 nitrogen and oxygen atoms in total. The molecule has 0 bridgehead atoms. The van der Waals surface area contributed by atoms with Crippen LogP contribution < -0.4 is 5.32 Å². The maximum absolute atomic E-state index is 12.5. The number of benzene rings is 2. The molecule has 1 saturated heterocycles. The molecule has 2 aromatic carbocycles. The van der Waals surface area contributed by atoms with E-state index in [1.807, 2.05) is 55.5 Å².